The first-order valence-corrected chi connectivity index (χ1v) is 5.08. The van der Waals surface area contributed by atoms with Gasteiger partial charge in [0.25, 0.3) is 0 Å². The van der Waals surface area contributed by atoms with Gasteiger partial charge in [-0.3, -0.25) is 4.79 Å². The van der Waals surface area contributed by atoms with Crippen molar-refractivity contribution in [1.29, 1.82) is 0 Å². The number of aliphatic carboxylic acids is 1. The van der Waals surface area contributed by atoms with Crippen molar-refractivity contribution in [2.24, 2.45) is 0 Å². The van der Waals surface area contributed by atoms with E-state index in [0.29, 0.717) is 0 Å². The van der Waals surface area contributed by atoms with Crippen LogP contribution >= 0.6 is 22.6 Å². The van der Waals surface area contributed by atoms with Gasteiger partial charge in [-0.25, -0.2) is 0 Å². The van der Waals surface area contributed by atoms with E-state index in [-0.39, 0.29) is 6.42 Å². The molecule has 3 heteroatoms. The van der Waals surface area contributed by atoms with Crippen molar-refractivity contribution in [3.63, 3.8) is 0 Å². The topological polar surface area (TPSA) is 37.3 Å². The van der Waals surface area contributed by atoms with E-state index in [0.717, 1.165) is 0 Å². The average molecular weight is 292 g/mol. The number of hydrogen-bond acceptors (Lipinski definition) is 1. The molecule has 1 rings (SSSR count). The van der Waals surface area contributed by atoms with Gasteiger partial charge in [0.2, 0.25) is 0 Å². The van der Waals surface area contributed by atoms with Gasteiger partial charge < -0.3 is 5.11 Å². The van der Waals surface area contributed by atoms with Gasteiger partial charge in [0.1, 0.15) is 0 Å². The van der Waals surface area contributed by atoms with Crippen molar-refractivity contribution in [3.05, 3.63) is 33.4 Å². The molecule has 2 nitrogen and oxygen atoms in total. The summed E-state index contributed by atoms with van der Waals surface area (Å²) in [6, 6.07) is 8.32. The second-order valence-electron chi connectivity index (χ2n) is 2.50. The molecule has 1 N–H and O–H groups in total. The maximum atomic E-state index is 9.37. The molecule has 0 unspecified atom stereocenters. The van der Waals surface area contributed by atoms with Crippen LogP contribution in [0.15, 0.2) is 24.3 Å². The molecule has 0 aliphatic carbocycles. The largest absolute Gasteiger partial charge is 0.481 e. The normalized spacial score (nSPS) is 8.54. The van der Waals surface area contributed by atoms with E-state index in [1.807, 2.05) is 0 Å². The predicted molar refractivity (Wildman–Crippen MR) is 61.8 cm³/mol. The molecule has 0 heterocycles. The quantitative estimate of drug-likeness (QED) is 0.808. The standard InChI is InChI=1S/C7H7I.C3H6O2/c1-6-4-2-3-5-7(6)8;1-2-3(4)5/h2-5H,1H3;2H2,1H3,(H,4,5). The minimum absolute atomic E-state index is 0.222. The van der Waals surface area contributed by atoms with E-state index >= 15 is 0 Å². The van der Waals surface area contributed by atoms with Crippen LogP contribution in [0.25, 0.3) is 0 Å². The van der Waals surface area contributed by atoms with E-state index in [1.165, 1.54) is 9.13 Å². The Bertz CT molecular complexity index is 250. The van der Waals surface area contributed by atoms with Crippen LogP contribution < -0.4 is 0 Å². The molecular formula is C10H13IO2. The summed E-state index contributed by atoms with van der Waals surface area (Å²) in [5.41, 5.74) is 1.35. The maximum Gasteiger partial charge on any atom is 0.303 e. The zero-order chi connectivity index (χ0) is 10.3. The third-order valence-corrected chi connectivity index (χ3v) is 2.59. The number of benzene rings is 1. The highest BCUT2D eigenvalue weighted by Crippen LogP contribution is 2.08. The number of aryl methyl sites for hydroxylation is 1. The highest BCUT2D eigenvalue weighted by atomic mass is 127. The zero-order valence-electron chi connectivity index (χ0n) is 7.75. The summed E-state index contributed by atoms with van der Waals surface area (Å²) >= 11 is 2.32. The molecule has 0 spiro atoms. The van der Waals surface area contributed by atoms with Crippen molar-refractivity contribution in [1.82, 2.24) is 0 Å². The fraction of sp³-hybridized carbons (Fsp3) is 0.300. The Morgan fingerprint density at radius 3 is 2.15 bits per heavy atom. The van der Waals surface area contributed by atoms with E-state index in [2.05, 4.69) is 53.8 Å². The first kappa shape index (κ1) is 12.4. The highest BCUT2D eigenvalue weighted by Gasteiger charge is 1.85. The van der Waals surface area contributed by atoms with E-state index in [1.54, 1.807) is 6.92 Å². The minimum atomic E-state index is -0.745. The molecule has 0 radical (unpaired) electrons. The zero-order valence-corrected chi connectivity index (χ0v) is 9.91. The molecule has 1 aromatic rings. The van der Waals surface area contributed by atoms with Crippen LogP contribution in [0.2, 0.25) is 0 Å². The third kappa shape index (κ3) is 6.57. The first-order valence-electron chi connectivity index (χ1n) is 4.00. The van der Waals surface area contributed by atoms with Gasteiger partial charge in [-0.15, -0.1) is 0 Å². The molecular weight excluding hydrogens is 279 g/mol. The lowest BCUT2D eigenvalue weighted by Crippen LogP contribution is -1.86. The smallest absolute Gasteiger partial charge is 0.303 e. The van der Waals surface area contributed by atoms with Crippen LogP contribution in [-0.4, -0.2) is 11.1 Å². The number of carboxylic acids is 1. The van der Waals surface area contributed by atoms with Gasteiger partial charge in [0, 0.05) is 9.99 Å². The molecule has 0 aliphatic heterocycles. The van der Waals surface area contributed by atoms with Crippen LogP contribution in [0.4, 0.5) is 0 Å². The Hall–Kier alpha value is -0.580. The molecule has 0 amide bonds. The van der Waals surface area contributed by atoms with Crippen LogP contribution in [-0.2, 0) is 4.79 Å². The molecule has 0 bridgehead atoms. The van der Waals surface area contributed by atoms with Gasteiger partial charge >= 0.3 is 5.97 Å². The summed E-state index contributed by atoms with van der Waals surface area (Å²) in [6.45, 7) is 3.71. The summed E-state index contributed by atoms with van der Waals surface area (Å²) in [7, 11) is 0. The van der Waals surface area contributed by atoms with Crippen LogP contribution in [0.1, 0.15) is 18.9 Å². The molecule has 1 aromatic carbocycles. The lowest BCUT2D eigenvalue weighted by atomic mass is 10.2. The fourth-order valence-electron chi connectivity index (χ4n) is 0.551. The molecule has 0 aliphatic rings. The number of rotatable bonds is 1. The Morgan fingerprint density at radius 2 is 1.92 bits per heavy atom. The number of carboxylic acid groups (broad SMARTS) is 1. The van der Waals surface area contributed by atoms with Gasteiger partial charge in [0.05, 0.1) is 0 Å². The van der Waals surface area contributed by atoms with Crippen molar-refractivity contribution < 1.29 is 9.90 Å². The maximum absolute atomic E-state index is 9.37. The van der Waals surface area contributed by atoms with Gasteiger partial charge in [-0.2, -0.15) is 0 Å². The monoisotopic (exact) mass is 292 g/mol. The lowest BCUT2D eigenvalue weighted by Gasteiger charge is -1.91. The molecule has 0 atom stereocenters. The second kappa shape index (κ2) is 6.88. The number of hydrogen-bond donors (Lipinski definition) is 1. The minimum Gasteiger partial charge on any atom is -0.481 e. The Kier molecular flexibility index (Phi) is 6.58. The molecule has 0 aromatic heterocycles. The van der Waals surface area contributed by atoms with E-state index < -0.39 is 5.97 Å². The Morgan fingerprint density at radius 1 is 1.46 bits per heavy atom. The van der Waals surface area contributed by atoms with Gasteiger partial charge in [-0.1, -0.05) is 25.1 Å². The van der Waals surface area contributed by atoms with Gasteiger partial charge in [-0.05, 0) is 41.1 Å². The van der Waals surface area contributed by atoms with Crippen molar-refractivity contribution in [3.8, 4) is 0 Å². The number of carbonyl (C=O) groups is 1. The van der Waals surface area contributed by atoms with Crippen LogP contribution in [0.3, 0.4) is 0 Å². The average Bonchev–Trinajstić information content (AvgIpc) is 2.11. The first-order chi connectivity index (χ1) is 6.07. The van der Waals surface area contributed by atoms with Crippen molar-refractivity contribution in [2.45, 2.75) is 20.3 Å². The summed E-state index contributed by atoms with van der Waals surface area (Å²) in [4.78, 5) is 9.37. The second-order valence-corrected chi connectivity index (χ2v) is 3.66. The van der Waals surface area contributed by atoms with E-state index in [4.69, 9.17) is 5.11 Å². The van der Waals surface area contributed by atoms with E-state index in [9.17, 15) is 4.79 Å². The molecule has 13 heavy (non-hydrogen) atoms. The molecule has 0 saturated heterocycles. The van der Waals surface area contributed by atoms with Gasteiger partial charge in [0.15, 0.2) is 0 Å². The predicted octanol–water partition coefficient (Wildman–Crippen LogP) is 3.08. The SMILES string of the molecule is CCC(=O)O.Cc1ccccc1I. The Balaban J connectivity index is 0.000000252. The van der Waals surface area contributed by atoms with Crippen LogP contribution in [0.5, 0.6) is 0 Å². The number of halogens is 1. The molecule has 0 fully saturated rings. The highest BCUT2D eigenvalue weighted by molar-refractivity contribution is 14.1. The Labute approximate surface area is 92.1 Å². The summed E-state index contributed by atoms with van der Waals surface area (Å²) in [5, 5.41) is 7.72. The van der Waals surface area contributed by atoms with Crippen LogP contribution in [0, 0.1) is 10.5 Å². The van der Waals surface area contributed by atoms with Crippen molar-refractivity contribution in [2.75, 3.05) is 0 Å². The summed E-state index contributed by atoms with van der Waals surface area (Å²) < 4.78 is 1.34. The molecule has 0 saturated carbocycles. The summed E-state index contributed by atoms with van der Waals surface area (Å²) in [6.07, 6.45) is 0.222. The van der Waals surface area contributed by atoms with Crippen molar-refractivity contribution >= 4 is 28.6 Å². The lowest BCUT2D eigenvalue weighted by molar-refractivity contribution is -0.136. The third-order valence-electron chi connectivity index (χ3n) is 1.38. The summed E-state index contributed by atoms with van der Waals surface area (Å²) in [5.74, 6) is -0.745. The fourth-order valence-corrected chi connectivity index (χ4v) is 0.938. The molecule has 72 valence electrons.